The van der Waals surface area contributed by atoms with Gasteiger partial charge in [-0.05, 0) is 72.4 Å². The summed E-state index contributed by atoms with van der Waals surface area (Å²) in [5, 5.41) is 3.97. The first-order chi connectivity index (χ1) is 15.4. The largest absolute Gasteiger partial charge is 0.363 e. The molecular formula is C32H52N2. The monoisotopic (exact) mass is 464 g/mol. The summed E-state index contributed by atoms with van der Waals surface area (Å²) in [6.07, 6.45) is 7.38. The van der Waals surface area contributed by atoms with E-state index in [2.05, 4.69) is 133 Å². The molecule has 0 radical (unpaired) electrons. The highest BCUT2D eigenvalue weighted by Crippen LogP contribution is 2.42. The highest BCUT2D eigenvalue weighted by Gasteiger charge is 2.41. The van der Waals surface area contributed by atoms with E-state index < -0.39 is 0 Å². The van der Waals surface area contributed by atoms with Gasteiger partial charge in [0.1, 0.15) is 5.66 Å². The molecule has 0 fully saturated rings. The minimum absolute atomic E-state index is 0. The molecule has 2 heteroatoms. The maximum atomic E-state index is 4.36. The predicted octanol–water partition coefficient (Wildman–Crippen LogP) is 9.85. The molecule has 0 spiro atoms. The van der Waals surface area contributed by atoms with Crippen molar-refractivity contribution < 1.29 is 0 Å². The summed E-state index contributed by atoms with van der Waals surface area (Å²) in [7, 11) is 0. The zero-order chi connectivity index (χ0) is 24.7. The normalized spacial score (nSPS) is 14.5. The lowest BCUT2D eigenvalue weighted by atomic mass is 9.80. The van der Waals surface area contributed by atoms with Gasteiger partial charge in [-0.15, -0.1) is 0 Å². The molecular weight excluding hydrogens is 412 g/mol. The van der Waals surface area contributed by atoms with E-state index in [1.165, 1.54) is 11.1 Å². The van der Waals surface area contributed by atoms with Crippen molar-refractivity contribution in [2.75, 3.05) is 5.32 Å². The first kappa shape index (κ1) is 29.8. The van der Waals surface area contributed by atoms with Crippen molar-refractivity contribution in [2.24, 2.45) is 10.8 Å². The van der Waals surface area contributed by atoms with Crippen LogP contribution in [0.3, 0.4) is 0 Å². The van der Waals surface area contributed by atoms with Crippen LogP contribution in [0.2, 0.25) is 0 Å². The highest BCUT2D eigenvalue weighted by molar-refractivity contribution is 5.45. The molecule has 0 aromatic heterocycles. The average Bonchev–Trinajstić information content (AvgIpc) is 2.75. The van der Waals surface area contributed by atoms with Gasteiger partial charge in [0.25, 0.3) is 0 Å². The van der Waals surface area contributed by atoms with E-state index in [-0.39, 0.29) is 30.0 Å². The molecule has 2 aromatic carbocycles. The van der Waals surface area contributed by atoms with E-state index in [4.69, 9.17) is 0 Å². The van der Waals surface area contributed by atoms with Crippen LogP contribution >= 0.6 is 0 Å². The van der Waals surface area contributed by atoms with Crippen LogP contribution in [0.4, 0.5) is 5.69 Å². The minimum Gasteiger partial charge on any atom is -0.363 e. The average molecular weight is 465 g/mol. The van der Waals surface area contributed by atoms with Crippen LogP contribution in [0.25, 0.3) is 0 Å². The first-order valence-electron chi connectivity index (χ1n) is 12.8. The van der Waals surface area contributed by atoms with E-state index in [9.17, 15) is 0 Å². The van der Waals surface area contributed by atoms with Crippen molar-refractivity contribution in [1.82, 2.24) is 4.90 Å². The molecule has 2 rings (SSSR count). The molecule has 2 atom stereocenters. The van der Waals surface area contributed by atoms with E-state index >= 15 is 0 Å². The Bertz CT molecular complexity index is 839. The predicted molar refractivity (Wildman–Crippen MR) is 153 cm³/mol. The van der Waals surface area contributed by atoms with Crippen molar-refractivity contribution in [3.8, 4) is 0 Å². The van der Waals surface area contributed by atoms with Crippen molar-refractivity contribution in [2.45, 2.75) is 107 Å². The molecule has 2 nitrogen and oxygen atoms in total. The van der Waals surface area contributed by atoms with Gasteiger partial charge in [0.05, 0.1) is 6.04 Å². The summed E-state index contributed by atoms with van der Waals surface area (Å²) in [6.45, 7) is 22.9. The fraction of sp³-hybridized carbons (Fsp3) is 0.562. The van der Waals surface area contributed by atoms with Crippen molar-refractivity contribution in [1.29, 1.82) is 0 Å². The van der Waals surface area contributed by atoms with E-state index in [1.54, 1.807) is 0 Å². The number of nitrogens with one attached hydrogen (secondary N) is 1. The molecule has 0 aliphatic rings. The molecule has 0 amide bonds. The number of benzene rings is 2. The molecule has 0 aliphatic carbocycles. The van der Waals surface area contributed by atoms with Gasteiger partial charge in [0, 0.05) is 5.69 Å². The molecule has 1 N–H and O–H groups in total. The number of nitrogens with zero attached hydrogens (tertiary/aromatic N) is 1. The number of aryl methyl sites for hydroxylation is 1. The molecule has 34 heavy (non-hydrogen) atoms. The van der Waals surface area contributed by atoms with Gasteiger partial charge in [0.2, 0.25) is 0 Å². The van der Waals surface area contributed by atoms with Crippen LogP contribution in [0.5, 0.6) is 0 Å². The Morgan fingerprint density at radius 2 is 1.47 bits per heavy atom. The second kappa shape index (κ2) is 12.5. The summed E-state index contributed by atoms with van der Waals surface area (Å²) in [4.78, 5) is 2.54. The van der Waals surface area contributed by atoms with Gasteiger partial charge in [-0.2, -0.15) is 0 Å². The molecule has 190 valence electrons. The fourth-order valence-corrected chi connectivity index (χ4v) is 4.88. The zero-order valence-electron chi connectivity index (χ0n) is 22.5. The first-order valence-corrected chi connectivity index (χ1v) is 12.8. The summed E-state index contributed by atoms with van der Waals surface area (Å²) >= 11 is 0. The Labute approximate surface area is 211 Å². The summed E-state index contributed by atoms with van der Waals surface area (Å²) in [5.41, 5.74) is 4.11. The molecule has 0 saturated carbocycles. The second-order valence-corrected chi connectivity index (χ2v) is 11.9. The lowest BCUT2D eigenvalue weighted by molar-refractivity contribution is 0.0639. The molecule has 2 aromatic rings. The van der Waals surface area contributed by atoms with Gasteiger partial charge < -0.3 is 10.2 Å². The van der Waals surface area contributed by atoms with Crippen LogP contribution in [0, 0.1) is 10.8 Å². The zero-order valence-corrected chi connectivity index (χ0v) is 22.5. The molecule has 0 saturated heterocycles. The minimum atomic E-state index is -0.243. The smallest absolute Gasteiger partial charge is 0.110 e. The lowest BCUT2D eigenvalue weighted by Gasteiger charge is -2.51. The van der Waals surface area contributed by atoms with Crippen molar-refractivity contribution in [3.63, 3.8) is 0 Å². The summed E-state index contributed by atoms with van der Waals surface area (Å²) in [6, 6.07) is 20.2. The number of anilines is 1. The van der Waals surface area contributed by atoms with Crippen LogP contribution in [-0.2, 0) is 6.42 Å². The number of hydrogen-bond acceptors (Lipinski definition) is 2. The van der Waals surface area contributed by atoms with Crippen LogP contribution in [-0.4, -0.2) is 10.6 Å². The van der Waals surface area contributed by atoms with E-state index in [0.29, 0.717) is 0 Å². The van der Waals surface area contributed by atoms with Crippen molar-refractivity contribution >= 4 is 5.69 Å². The molecule has 0 bridgehead atoms. The number of para-hydroxylation sites is 1. The Morgan fingerprint density at radius 3 is 1.91 bits per heavy atom. The molecule has 0 aliphatic heterocycles. The molecule has 2 unspecified atom stereocenters. The van der Waals surface area contributed by atoms with Crippen LogP contribution in [0.15, 0.2) is 67.4 Å². The van der Waals surface area contributed by atoms with Gasteiger partial charge >= 0.3 is 0 Å². The molecule has 0 heterocycles. The number of hydrogen-bond donors (Lipinski definition) is 1. The van der Waals surface area contributed by atoms with E-state index in [0.717, 1.165) is 37.8 Å². The Morgan fingerprint density at radius 1 is 0.882 bits per heavy atom. The van der Waals surface area contributed by atoms with Crippen LogP contribution in [0.1, 0.15) is 106 Å². The topological polar surface area (TPSA) is 15.3 Å². The van der Waals surface area contributed by atoms with Gasteiger partial charge in [-0.3, -0.25) is 0 Å². The number of rotatable bonds is 11. The Hall–Kier alpha value is -2.22. The van der Waals surface area contributed by atoms with Gasteiger partial charge in [-0.25, -0.2) is 0 Å². The van der Waals surface area contributed by atoms with Gasteiger partial charge in [-0.1, -0.05) is 112 Å². The Balaban J connectivity index is 0.00000578. The highest BCUT2D eigenvalue weighted by atomic mass is 15.3. The lowest BCUT2D eigenvalue weighted by Crippen LogP contribution is -2.55. The fourth-order valence-electron chi connectivity index (χ4n) is 4.88. The second-order valence-electron chi connectivity index (χ2n) is 11.9. The SMILES string of the molecule is C.C=CN(C(CCC(C)(C)C)c1ccc(CC)cc1)C(CC)(CC(C)(C)C)Nc1ccccc1. The Kier molecular flexibility index (Phi) is 10.9. The van der Waals surface area contributed by atoms with Crippen molar-refractivity contribution in [3.05, 3.63) is 78.5 Å². The summed E-state index contributed by atoms with van der Waals surface area (Å²) in [5.74, 6) is 0. The third kappa shape index (κ3) is 8.53. The maximum Gasteiger partial charge on any atom is 0.110 e. The standard InChI is InChI=1S/C31H48N2.CH4/c1-10-25-18-20-26(21-19-25)28(22-23-29(4,5)6)33(12-3)31(11-2,24-30(7,8)9)32-27-16-14-13-15-17-27;/h12-21,28,32H,3,10-11,22-24H2,1-2,4-9H3;1H4. The van der Waals surface area contributed by atoms with E-state index in [1.807, 2.05) is 0 Å². The maximum absolute atomic E-state index is 4.36. The van der Waals surface area contributed by atoms with Gasteiger partial charge in [0.15, 0.2) is 0 Å². The van der Waals surface area contributed by atoms with Crippen LogP contribution < -0.4 is 5.32 Å². The third-order valence-electron chi connectivity index (χ3n) is 6.53. The quantitative estimate of drug-likeness (QED) is 0.333. The third-order valence-corrected chi connectivity index (χ3v) is 6.53. The summed E-state index contributed by atoms with van der Waals surface area (Å²) < 4.78 is 0.